The molecule has 120 valence electrons. The summed E-state index contributed by atoms with van der Waals surface area (Å²) in [6.45, 7) is 1.93. The fraction of sp³-hybridized carbons (Fsp3) is 0.111. The van der Waals surface area contributed by atoms with E-state index in [0.29, 0.717) is 17.1 Å². The highest BCUT2D eigenvalue weighted by molar-refractivity contribution is 5.65. The number of ether oxygens (including phenoxy) is 1. The average molecular weight is 321 g/mol. The Kier molecular flexibility index (Phi) is 4.47. The Labute approximate surface area is 138 Å². The standard InChI is InChI=1S/C18H15N3O3/c1-13(14-5-3-2-4-6-14)24-18-17(19-11-12-20-18)15-7-9-16(10-8-15)21(22)23/h2-13H,1H3/t13-/m0/s1. The number of nitrogens with zero attached hydrogens (tertiary/aromatic N) is 3. The Hall–Kier alpha value is -3.28. The topological polar surface area (TPSA) is 78.2 Å². The number of benzene rings is 2. The summed E-state index contributed by atoms with van der Waals surface area (Å²) in [6, 6.07) is 16.0. The second-order valence-corrected chi connectivity index (χ2v) is 5.18. The van der Waals surface area contributed by atoms with Gasteiger partial charge in [0.2, 0.25) is 5.88 Å². The Bertz CT molecular complexity index is 836. The smallest absolute Gasteiger partial charge is 0.269 e. The van der Waals surface area contributed by atoms with Gasteiger partial charge in [-0.2, -0.15) is 0 Å². The van der Waals surface area contributed by atoms with Crippen LogP contribution in [-0.4, -0.2) is 14.9 Å². The van der Waals surface area contributed by atoms with Gasteiger partial charge in [0.05, 0.1) is 4.92 Å². The van der Waals surface area contributed by atoms with Gasteiger partial charge in [0.15, 0.2) is 0 Å². The Balaban J connectivity index is 1.89. The zero-order valence-corrected chi connectivity index (χ0v) is 13.0. The van der Waals surface area contributed by atoms with Gasteiger partial charge in [-0.15, -0.1) is 0 Å². The molecule has 0 bridgehead atoms. The van der Waals surface area contributed by atoms with Gasteiger partial charge in [-0.05, 0) is 24.6 Å². The molecule has 0 amide bonds. The summed E-state index contributed by atoms with van der Waals surface area (Å²) < 4.78 is 5.96. The van der Waals surface area contributed by atoms with Crippen molar-refractivity contribution in [3.8, 4) is 17.1 Å². The van der Waals surface area contributed by atoms with Crippen LogP contribution in [-0.2, 0) is 0 Å². The van der Waals surface area contributed by atoms with Gasteiger partial charge in [0, 0.05) is 30.1 Å². The molecule has 24 heavy (non-hydrogen) atoms. The van der Waals surface area contributed by atoms with Gasteiger partial charge in [0.1, 0.15) is 11.8 Å². The van der Waals surface area contributed by atoms with Crippen LogP contribution >= 0.6 is 0 Å². The van der Waals surface area contributed by atoms with E-state index in [1.807, 2.05) is 37.3 Å². The first-order chi connectivity index (χ1) is 11.6. The van der Waals surface area contributed by atoms with E-state index in [4.69, 9.17) is 4.74 Å². The highest BCUT2D eigenvalue weighted by atomic mass is 16.6. The predicted octanol–water partition coefficient (Wildman–Crippen LogP) is 4.19. The van der Waals surface area contributed by atoms with Gasteiger partial charge in [-0.1, -0.05) is 30.3 Å². The molecule has 0 aliphatic rings. The van der Waals surface area contributed by atoms with E-state index in [0.717, 1.165) is 5.56 Å². The molecular formula is C18H15N3O3. The minimum atomic E-state index is -0.435. The highest BCUT2D eigenvalue weighted by Gasteiger charge is 2.15. The van der Waals surface area contributed by atoms with Crippen molar-refractivity contribution >= 4 is 5.69 Å². The van der Waals surface area contributed by atoms with Crippen LogP contribution in [0.5, 0.6) is 5.88 Å². The van der Waals surface area contributed by atoms with Crippen LogP contribution in [0.4, 0.5) is 5.69 Å². The van der Waals surface area contributed by atoms with Crippen molar-refractivity contribution in [2.24, 2.45) is 0 Å². The van der Waals surface area contributed by atoms with E-state index in [9.17, 15) is 10.1 Å². The number of rotatable bonds is 5. The van der Waals surface area contributed by atoms with Crippen molar-refractivity contribution in [1.82, 2.24) is 9.97 Å². The number of hydrogen-bond acceptors (Lipinski definition) is 5. The van der Waals surface area contributed by atoms with Crippen LogP contribution in [0.25, 0.3) is 11.3 Å². The third-order valence-corrected chi connectivity index (χ3v) is 3.57. The maximum Gasteiger partial charge on any atom is 0.269 e. The lowest BCUT2D eigenvalue weighted by Gasteiger charge is -2.16. The molecule has 6 nitrogen and oxygen atoms in total. The highest BCUT2D eigenvalue weighted by Crippen LogP contribution is 2.30. The summed E-state index contributed by atoms with van der Waals surface area (Å²) in [5, 5.41) is 10.8. The Morgan fingerprint density at radius 2 is 1.67 bits per heavy atom. The van der Waals surface area contributed by atoms with Crippen LogP contribution in [0.1, 0.15) is 18.6 Å². The third kappa shape index (κ3) is 3.38. The van der Waals surface area contributed by atoms with Crippen molar-refractivity contribution < 1.29 is 9.66 Å². The lowest BCUT2D eigenvalue weighted by molar-refractivity contribution is -0.384. The lowest BCUT2D eigenvalue weighted by Crippen LogP contribution is -2.06. The summed E-state index contributed by atoms with van der Waals surface area (Å²) in [4.78, 5) is 18.9. The second kappa shape index (κ2) is 6.87. The van der Waals surface area contributed by atoms with Gasteiger partial charge in [-0.25, -0.2) is 9.97 Å². The van der Waals surface area contributed by atoms with E-state index in [1.165, 1.54) is 12.1 Å². The average Bonchev–Trinajstić information content (AvgIpc) is 2.63. The molecule has 1 aromatic heterocycles. The molecule has 0 aliphatic heterocycles. The molecule has 0 fully saturated rings. The minimum Gasteiger partial charge on any atom is -0.468 e. The summed E-state index contributed by atoms with van der Waals surface area (Å²) in [5.74, 6) is 0.391. The first kappa shape index (κ1) is 15.6. The van der Waals surface area contributed by atoms with Crippen molar-refractivity contribution in [3.63, 3.8) is 0 Å². The molecule has 1 heterocycles. The number of hydrogen-bond donors (Lipinski definition) is 0. The third-order valence-electron chi connectivity index (χ3n) is 3.57. The van der Waals surface area contributed by atoms with Crippen molar-refractivity contribution in [3.05, 3.63) is 82.7 Å². The molecule has 0 saturated carbocycles. The van der Waals surface area contributed by atoms with E-state index in [2.05, 4.69) is 9.97 Å². The minimum absolute atomic E-state index is 0.0303. The maximum atomic E-state index is 10.8. The molecule has 0 aliphatic carbocycles. The van der Waals surface area contributed by atoms with E-state index in [1.54, 1.807) is 24.5 Å². The van der Waals surface area contributed by atoms with Crippen LogP contribution in [0.3, 0.4) is 0 Å². The number of nitro benzene ring substituents is 1. The van der Waals surface area contributed by atoms with Gasteiger partial charge in [-0.3, -0.25) is 10.1 Å². The molecule has 0 spiro atoms. The first-order valence-electron chi connectivity index (χ1n) is 7.42. The van der Waals surface area contributed by atoms with Crippen LogP contribution in [0.2, 0.25) is 0 Å². The monoisotopic (exact) mass is 321 g/mol. The number of nitro groups is 1. The SMILES string of the molecule is C[C@H](Oc1nccnc1-c1ccc([N+](=O)[O-])cc1)c1ccccc1. The molecule has 0 saturated heterocycles. The summed E-state index contributed by atoms with van der Waals surface area (Å²) in [7, 11) is 0. The Morgan fingerprint density at radius 1 is 1.00 bits per heavy atom. The molecule has 3 rings (SSSR count). The molecule has 1 atom stereocenters. The van der Waals surface area contributed by atoms with Gasteiger partial charge < -0.3 is 4.74 Å². The zero-order chi connectivity index (χ0) is 16.9. The second-order valence-electron chi connectivity index (χ2n) is 5.18. The van der Waals surface area contributed by atoms with Crippen molar-refractivity contribution in [2.45, 2.75) is 13.0 Å². The summed E-state index contributed by atoms with van der Waals surface area (Å²) in [5.41, 5.74) is 2.32. The van der Waals surface area contributed by atoms with Gasteiger partial charge in [0.25, 0.3) is 5.69 Å². The van der Waals surface area contributed by atoms with Gasteiger partial charge >= 0.3 is 0 Å². The fourth-order valence-electron chi connectivity index (χ4n) is 2.31. The number of non-ortho nitro benzene ring substituents is 1. The summed E-state index contributed by atoms with van der Waals surface area (Å²) in [6.07, 6.45) is 2.93. The lowest BCUT2D eigenvalue weighted by atomic mass is 10.1. The van der Waals surface area contributed by atoms with E-state index < -0.39 is 4.92 Å². The van der Waals surface area contributed by atoms with E-state index in [-0.39, 0.29) is 11.8 Å². The summed E-state index contributed by atoms with van der Waals surface area (Å²) >= 11 is 0. The zero-order valence-electron chi connectivity index (χ0n) is 13.0. The number of aromatic nitrogens is 2. The largest absolute Gasteiger partial charge is 0.468 e. The van der Waals surface area contributed by atoms with Crippen LogP contribution in [0.15, 0.2) is 67.0 Å². The molecule has 0 radical (unpaired) electrons. The molecular weight excluding hydrogens is 306 g/mol. The maximum absolute atomic E-state index is 10.8. The van der Waals surface area contributed by atoms with E-state index >= 15 is 0 Å². The normalized spacial score (nSPS) is 11.7. The Morgan fingerprint density at radius 3 is 2.33 bits per heavy atom. The fourth-order valence-corrected chi connectivity index (χ4v) is 2.31. The van der Waals surface area contributed by atoms with Crippen molar-refractivity contribution in [1.29, 1.82) is 0 Å². The molecule has 0 unspecified atom stereocenters. The quantitative estimate of drug-likeness (QED) is 0.520. The van der Waals surface area contributed by atoms with Crippen LogP contribution < -0.4 is 4.74 Å². The first-order valence-corrected chi connectivity index (χ1v) is 7.42. The molecule has 6 heteroatoms. The predicted molar refractivity (Wildman–Crippen MR) is 89.6 cm³/mol. The molecule has 2 aromatic carbocycles. The van der Waals surface area contributed by atoms with Crippen LogP contribution in [0, 0.1) is 10.1 Å². The molecule has 0 N–H and O–H groups in total. The van der Waals surface area contributed by atoms with Crippen molar-refractivity contribution in [2.75, 3.05) is 0 Å². The molecule has 3 aromatic rings.